The average molecular weight is 400 g/mol. The van der Waals surface area contributed by atoms with Crippen LogP contribution in [0.2, 0.25) is 0 Å². The van der Waals surface area contributed by atoms with Crippen molar-refractivity contribution in [1.82, 2.24) is 0 Å². The third-order valence-electron chi connectivity index (χ3n) is 5.17. The van der Waals surface area contributed by atoms with Crippen molar-refractivity contribution in [3.63, 3.8) is 0 Å². The minimum absolute atomic E-state index is 0.000124. The lowest BCUT2D eigenvalue weighted by atomic mass is 9.88. The fourth-order valence-corrected chi connectivity index (χ4v) is 3.72. The van der Waals surface area contributed by atoms with E-state index >= 15 is 0 Å². The van der Waals surface area contributed by atoms with Gasteiger partial charge in [0.1, 0.15) is 16.9 Å². The predicted molar refractivity (Wildman–Crippen MR) is 117 cm³/mol. The minimum Gasteiger partial charge on any atom is -0.507 e. The zero-order valence-electron chi connectivity index (χ0n) is 16.6. The van der Waals surface area contributed by atoms with Gasteiger partial charge in [-0.3, -0.25) is 0 Å². The summed E-state index contributed by atoms with van der Waals surface area (Å²) in [4.78, 5) is 25.8. The molecule has 5 nitrogen and oxygen atoms in total. The van der Waals surface area contributed by atoms with E-state index in [-0.39, 0.29) is 22.5 Å². The van der Waals surface area contributed by atoms with Gasteiger partial charge in [-0.05, 0) is 37.6 Å². The standard InChI is InChI=1S/C25H20O5/c1-3-4-5-12-18(21-15(2)16-10-6-8-13-19(16)29-24(21)27)22-23(26)17-11-7-9-14-20(17)30-25(22)28/h3-14,18,26H,1-2H3. The number of aryl methyl sites for hydroxylation is 1. The molecule has 0 aliphatic carbocycles. The predicted octanol–water partition coefficient (Wildman–Crippen LogP) is 5.18. The number of hydrogen-bond acceptors (Lipinski definition) is 5. The zero-order valence-corrected chi connectivity index (χ0v) is 16.6. The van der Waals surface area contributed by atoms with Gasteiger partial charge in [-0.2, -0.15) is 0 Å². The molecule has 2 heterocycles. The summed E-state index contributed by atoms with van der Waals surface area (Å²) in [5.41, 5.74) is 0.454. The molecule has 0 aliphatic heterocycles. The number of rotatable bonds is 4. The summed E-state index contributed by atoms with van der Waals surface area (Å²) in [6.07, 6.45) is 7.03. The molecule has 0 radical (unpaired) electrons. The largest absolute Gasteiger partial charge is 0.507 e. The molecule has 0 saturated carbocycles. The van der Waals surface area contributed by atoms with Gasteiger partial charge in [0.2, 0.25) is 0 Å². The van der Waals surface area contributed by atoms with Crippen LogP contribution in [-0.2, 0) is 0 Å². The van der Waals surface area contributed by atoms with E-state index in [1.165, 1.54) is 0 Å². The first-order valence-corrected chi connectivity index (χ1v) is 9.59. The van der Waals surface area contributed by atoms with Crippen LogP contribution in [0, 0.1) is 6.92 Å². The number of fused-ring (bicyclic) bond motifs is 2. The van der Waals surface area contributed by atoms with Crippen molar-refractivity contribution < 1.29 is 13.9 Å². The maximum Gasteiger partial charge on any atom is 0.344 e. The third-order valence-corrected chi connectivity index (χ3v) is 5.17. The number of hydrogen-bond donors (Lipinski definition) is 1. The first-order chi connectivity index (χ1) is 14.5. The quantitative estimate of drug-likeness (QED) is 0.377. The highest BCUT2D eigenvalue weighted by Gasteiger charge is 2.27. The molecule has 0 spiro atoms. The summed E-state index contributed by atoms with van der Waals surface area (Å²) in [6, 6.07) is 14.0. The van der Waals surface area contributed by atoms with Crippen molar-refractivity contribution in [1.29, 1.82) is 0 Å². The van der Waals surface area contributed by atoms with Crippen LogP contribution in [0.5, 0.6) is 5.75 Å². The molecule has 0 fully saturated rings. The van der Waals surface area contributed by atoms with Crippen molar-refractivity contribution in [3.8, 4) is 5.75 Å². The van der Waals surface area contributed by atoms with Crippen molar-refractivity contribution in [3.05, 3.63) is 110 Å². The van der Waals surface area contributed by atoms with Gasteiger partial charge in [-0.25, -0.2) is 9.59 Å². The molecule has 2 aromatic carbocycles. The average Bonchev–Trinajstić information content (AvgIpc) is 2.73. The van der Waals surface area contributed by atoms with Gasteiger partial charge in [0, 0.05) is 11.3 Å². The maximum absolute atomic E-state index is 13.0. The van der Waals surface area contributed by atoms with Crippen molar-refractivity contribution in [2.45, 2.75) is 19.8 Å². The molecule has 0 bridgehead atoms. The number of allylic oxidation sites excluding steroid dienone is 4. The van der Waals surface area contributed by atoms with Gasteiger partial charge in [-0.15, -0.1) is 0 Å². The Bertz CT molecular complexity index is 1320. The topological polar surface area (TPSA) is 80.7 Å². The maximum atomic E-state index is 13.0. The van der Waals surface area contributed by atoms with Crippen molar-refractivity contribution in [2.24, 2.45) is 0 Å². The Labute approximate surface area is 172 Å². The van der Waals surface area contributed by atoms with E-state index in [9.17, 15) is 14.7 Å². The van der Waals surface area contributed by atoms with Crippen LogP contribution in [0.15, 0.2) is 91.3 Å². The molecule has 5 heteroatoms. The highest BCUT2D eigenvalue weighted by Crippen LogP contribution is 2.36. The second kappa shape index (κ2) is 7.87. The van der Waals surface area contributed by atoms with E-state index in [0.29, 0.717) is 16.5 Å². The minimum atomic E-state index is -0.845. The molecule has 1 unspecified atom stereocenters. The van der Waals surface area contributed by atoms with E-state index in [1.807, 2.05) is 32.1 Å². The van der Waals surface area contributed by atoms with Crippen molar-refractivity contribution in [2.75, 3.05) is 0 Å². The highest BCUT2D eigenvalue weighted by atomic mass is 16.4. The molecule has 30 heavy (non-hydrogen) atoms. The molecule has 1 atom stereocenters. The zero-order chi connectivity index (χ0) is 21.3. The Kier molecular flexibility index (Phi) is 5.11. The smallest absolute Gasteiger partial charge is 0.344 e. The Balaban J connectivity index is 2.07. The third kappa shape index (κ3) is 3.24. The lowest BCUT2D eigenvalue weighted by Crippen LogP contribution is -2.20. The van der Waals surface area contributed by atoms with E-state index < -0.39 is 17.2 Å². The highest BCUT2D eigenvalue weighted by molar-refractivity contribution is 5.85. The Hall–Kier alpha value is -3.86. The van der Waals surface area contributed by atoms with Crippen LogP contribution in [-0.4, -0.2) is 5.11 Å². The summed E-state index contributed by atoms with van der Waals surface area (Å²) < 4.78 is 11.0. The summed E-state index contributed by atoms with van der Waals surface area (Å²) >= 11 is 0. The van der Waals surface area contributed by atoms with E-state index in [1.54, 1.807) is 54.6 Å². The van der Waals surface area contributed by atoms with Crippen molar-refractivity contribution >= 4 is 21.9 Å². The monoisotopic (exact) mass is 400 g/mol. The van der Waals surface area contributed by atoms with Gasteiger partial charge < -0.3 is 13.9 Å². The molecule has 150 valence electrons. The van der Waals surface area contributed by atoms with E-state index in [4.69, 9.17) is 8.83 Å². The normalized spacial score (nSPS) is 13.0. The van der Waals surface area contributed by atoms with Crippen LogP contribution in [0.3, 0.4) is 0 Å². The Morgan fingerprint density at radius 2 is 1.40 bits per heavy atom. The van der Waals surface area contributed by atoms with Crippen LogP contribution in [0.1, 0.15) is 29.5 Å². The number of aromatic hydroxyl groups is 1. The van der Waals surface area contributed by atoms with Crippen LogP contribution in [0.25, 0.3) is 21.9 Å². The second-order valence-electron chi connectivity index (χ2n) is 6.96. The fraction of sp³-hybridized carbons (Fsp3) is 0.120. The van der Waals surface area contributed by atoms with Gasteiger partial charge in [0.15, 0.2) is 0 Å². The van der Waals surface area contributed by atoms with Crippen LogP contribution >= 0.6 is 0 Å². The first-order valence-electron chi connectivity index (χ1n) is 9.59. The molecule has 0 aliphatic rings. The first kappa shape index (κ1) is 19.5. The summed E-state index contributed by atoms with van der Waals surface area (Å²) in [5, 5.41) is 12.1. The Morgan fingerprint density at radius 1 is 0.833 bits per heavy atom. The fourth-order valence-electron chi connectivity index (χ4n) is 3.72. The van der Waals surface area contributed by atoms with Crippen LogP contribution in [0.4, 0.5) is 0 Å². The molecule has 4 aromatic rings. The van der Waals surface area contributed by atoms with Gasteiger partial charge in [0.05, 0.1) is 16.5 Å². The summed E-state index contributed by atoms with van der Waals surface area (Å²) in [5.74, 6) is -1.05. The van der Waals surface area contributed by atoms with E-state index in [0.717, 1.165) is 5.39 Å². The second-order valence-corrected chi connectivity index (χ2v) is 6.96. The molecular weight excluding hydrogens is 380 g/mol. The van der Waals surface area contributed by atoms with Crippen LogP contribution < -0.4 is 11.3 Å². The number of para-hydroxylation sites is 2. The van der Waals surface area contributed by atoms with Gasteiger partial charge in [0.25, 0.3) is 0 Å². The molecule has 4 rings (SSSR count). The lowest BCUT2D eigenvalue weighted by Gasteiger charge is -2.17. The lowest BCUT2D eigenvalue weighted by molar-refractivity contribution is 0.454. The van der Waals surface area contributed by atoms with Gasteiger partial charge in [-0.1, -0.05) is 54.6 Å². The summed E-state index contributed by atoms with van der Waals surface area (Å²) in [7, 11) is 0. The van der Waals surface area contributed by atoms with Gasteiger partial charge >= 0.3 is 11.3 Å². The van der Waals surface area contributed by atoms with E-state index in [2.05, 4.69) is 0 Å². The molecule has 2 aromatic heterocycles. The SMILES string of the molecule is CC=CC=CC(c1c(C)c2ccccc2oc1=O)c1c(O)c2ccccc2oc1=O. The molecular formula is C25H20O5. The number of benzene rings is 2. The molecule has 0 saturated heterocycles. The summed E-state index contributed by atoms with van der Waals surface area (Å²) in [6.45, 7) is 3.67. The Morgan fingerprint density at radius 3 is 2.07 bits per heavy atom. The molecule has 1 N–H and O–H groups in total. The molecule has 0 amide bonds.